The van der Waals surface area contributed by atoms with E-state index in [1.807, 2.05) is 30.3 Å². The van der Waals surface area contributed by atoms with Crippen molar-refractivity contribution in [3.05, 3.63) is 88.7 Å². The summed E-state index contributed by atoms with van der Waals surface area (Å²) in [7, 11) is 0. The third-order valence-corrected chi connectivity index (χ3v) is 7.44. The SMILES string of the molecule is O=C(O)Nc1ccc2[nH]c([C@@H](Cc3ccccc3)C(=O)N3CC[C@@]4(C3)OC(=O)Nc3ccc(Cl)cc34)nc2c1. The number of imidazole rings is 1. The second-order valence-corrected chi connectivity index (χ2v) is 10.2. The van der Waals surface area contributed by atoms with E-state index in [0.717, 1.165) is 11.1 Å². The summed E-state index contributed by atoms with van der Waals surface area (Å²) in [5, 5.41) is 14.6. The summed E-state index contributed by atoms with van der Waals surface area (Å²) in [4.78, 5) is 47.3. The number of fused-ring (bicyclic) bond motifs is 3. The summed E-state index contributed by atoms with van der Waals surface area (Å²) in [6.07, 6.45) is -0.913. The van der Waals surface area contributed by atoms with Gasteiger partial charge in [0.05, 0.1) is 23.3 Å². The van der Waals surface area contributed by atoms with Crippen molar-refractivity contribution in [1.29, 1.82) is 0 Å². The zero-order valence-electron chi connectivity index (χ0n) is 20.6. The molecule has 0 aliphatic carbocycles. The summed E-state index contributed by atoms with van der Waals surface area (Å²) in [6, 6.07) is 19.8. The summed E-state index contributed by atoms with van der Waals surface area (Å²) in [6.45, 7) is 0.570. The molecule has 1 saturated heterocycles. The number of carbonyl (C=O) groups excluding carboxylic acids is 2. The van der Waals surface area contributed by atoms with Crippen LogP contribution in [0.2, 0.25) is 5.02 Å². The first-order chi connectivity index (χ1) is 18.8. The lowest BCUT2D eigenvalue weighted by Gasteiger charge is -2.35. The molecule has 2 aliphatic rings. The van der Waals surface area contributed by atoms with Gasteiger partial charge in [-0.15, -0.1) is 0 Å². The van der Waals surface area contributed by atoms with Crippen LogP contribution in [0.25, 0.3) is 11.0 Å². The van der Waals surface area contributed by atoms with Gasteiger partial charge in [0.1, 0.15) is 11.7 Å². The molecule has 2 atom stereocenters. The van der Waals surface area contributed by atoms with E-state index < -0.39 is 23.7 Å². The highest BCUT2D eigenvalue weighted by Crippen LogP contribution is 2.44. The second-order valence-electron chi connectivity index (χ2n) is 9.73. The van der Waals surface area contributed by atoms with E-state index in [9.17, 15) is 14.4 Å². The number of nitrogens with zero attached hydrogens (tertiary/aromatic N) is 2. The van der Waals surface area contributed by atoms with Gasteiger partial charge in [-0.1, -0.05) is 41.9 Å². The van der Waals surface area contributed by atoms with E-state index in [0.29, 0.717) is 52.6 Å². The molecule has 3 aromatic carbocycles. The lowest BCUT2D eigenvalue weighted by Crippen LogP contribution is -2.43. The fourth-order valence-electron chi connectivity index (χ4n) is 5.41. The Morgan fingerprint density at radius 1 is 1.15 bits per heavy atom. The lowest BCUT2D eigenvalue weighted by molar-refractivity contribution is -0.133. The van der Waals surface area contributed by atoms with Crippen LogP contribution >= 0.6 is 11.6 Å². The summed E-state index contributed by atoms with van der Waals surface area (Å²) >= 11 is 6.27. The molecule has 10 nitrogen and oxygen atoms in total. The first-order valence-corrected chi connectivity index (χ1v) is 12.8. The Hall–Kier alpha value is -4.57. The maximum atomic E-state index is 14.1. The molecule has 11 heteroatoms. The number of ether oxygens (including phenoxy) is 1. The van der Waals surface area contributed by atoms with Gasteiger partial charge in [-0.05, 0) is 48.4 Å². The van der Waals surface area contributed by atoms with Crippen molar-refractivity contribution in [2.45, 2.75) is 24.4 Å². The molecule has 0 saturated carbocycles. The molecule has 3 heterocycles. The first kappa shape index (κ1) is 24.7. The predicted octanol–water partition coefficient (Wildman–Crippen LogP) is 5.32. The number of benzene rings is 3. The third kappa shape index (κ3) is 4.74. The number of carbonyl (C=O) groups is 3. The number of likely N-dealkylation sites (tertiary alicyclic amines) is 1. The van der Waals surface area contributed by atoms with Crippen LogP contribution < -0.4 is 10.6 Å². The molecule has 1 fully saturated rings. The number of halogens is 1. The zero-order chi connectivity index (χ0) is 27.1. The standard InChI is InChI=1S/C28H24ClN5O5/c29-17-6-8-21-20(13-17)28(39-27(38)33-21)10-11-34(15-28)25(35)19(12-16-4-2-1-3-5-16)24-31-22-9-7-18(30-26(36)37)14-23(22)32-24/h1-9,13-14,19,30H,10-12,15H2,(H,31,32)(H,33,38)(H,36,37)/t19-,28+/m1/s1. The van der Waals surface area contributed by atoms with Crippen molar-refractivity contribution in [2.75, 3.05) is 23.7 Å². The molecular weight excluding hydrogens is 522 g/mol. The number of amides is 3. The number of aromatic nitrogens is 2. The van der Waals surface area contributed by atoms with Crippen LogP contribution in [-0.2, 0) is 21.6 Å². The average molecular weight is 546 g/mol. The van der Waals surface area contributed by atoms with Gasteiger partial charge in [0.15, 0.2) is 5.60 Å². The van der Waals surface area contributed by atoms with Gasteiger partial charge in [0, 0.05) is 29.2 Å². The van der Waals surface area contributed by atoms with E-state index in [1.165, 1.54) is 0 Å². The Bertz CT molecular complexity index is 1610. The van der Waals surface area contributed by atoms with Crippen molar-refractivity contribution in [3.63, 3.8) is 0 Å². The highest BCUT2D eigenvalue weighted by Gasteiger charge is 2.49. The molecule has 3 amide bonds. The van der Waals surface area contributed by atoms with E-state index >= 15 is 0 Å². The molecule has 0 unspecified atom stereocenters. The van der Waals surface area contributed by atoms with Crippen LogP contribution in [-0.4, -0.2) is 51.2 Å². The minimum Gasteiger partial charge on any atom is -0.465 e. The van der Waals surface area contributed by atoms with E-state index in [1.54, 1.807) is 41.3 Å². The van der Waals surface area contributed by atoms with Crippen molar-refractivity contribution in [2.24, 2.45) is 0 Å². The monoisotopic (exact) mass is 545 g/mol. The number of H-pyrrole nitrogens is 1. The Labute approximate surface area is 227 Å². The fraction of sp³-hybridized carbons (Fsp3) is 0.214. The molecule has 39 heavy (non-hydrogen) atoms. The van der Waals surface area contributed by atoms with Crippen molar-refractivity contribution < 1.29 is 24.2 Å². The van der Waals surface area contributed by atoms with Gasteiger partial charge < -0.3 is 19.7 Å². The fourth-order valence-corrected chi connectivity index (χ4v) is 5.58. The van der Waals surface area contributed by atoms with E-state index in [-0.39, 0.29) is 12.5 Å². The molecule has 6 rings (SSSR count). The largest absolute Gasteiger partial charge is 0.465 e. The molecule has 1 spiro atoms. The average Bonchev–Trinajstić information content (AvgIpc) is 3.52. The first-order valence-electron chi connectivity index (χ1n) is 12.4. The maximum Gasteiger partial charge on any atom is 0.412 e. The molecule has 4 aromatic rings. The summed E-state index contributed by atoms with van der Waals surface area (Å²) in [5.41, 5.74) is 2.92. The smallest absolute Gasteiger partial charge is 0.412 e. The normalized spacial score (nSPS) is 18.9. The Kier molecular flexibility index (Phi) is 6.11. The van der Waals surface area contributed by atoms with Crippen molar-refractivity contribution >= 4 is 52.1 Å². The molecule has 0 bridgehead atoms. The molecule has 4 N–H and O–H groups in total. The quantitative estimate of drug-likeness (QED) is 0.268. The number of aromatic amines is 1. The summed E-state index contributed by atoms with van der Waals surface area (Å²) < 4.78 is 5.81. The number of hydrogen-bond acceptors (Lipinski definition) is 5. The molecule has 1 aromatic heterocycles. The van der Waals surface area contributed by atoms with Crippen molar-refractivity contribution in [3.8, 4) is 0 Å². The third-order valence-electron chi connectivity index (χ3n) is 7.20. The molecule has 2 aliphatic heterocycles. The predicted molar refractivity (Wildman–Crippen MR) is 145 cm³/mol. The Morgan fingerprint density at radius 3 is 2.77 bits per heavy atom. The van der Waals surface area contributed by atoms with Crippen LogP contribution in [0.4, 0.5) is 21.0 Å². The summed E-state index contributed by atoms with van der Waals surface area (Å²) in [5.74, 6) is -0.336. The van der Waals surface area contributed by atoms with Crippen LogP contribution in [0.5, 0.6) is 0 Å². The van der Waals surface area contributed by atoms with Gasteiger partial charge in [0.25, 0.3) is 0 Å². The second kappa shape index (κ2) is 9.63. The molecular formula is C28H24ClN5O5. The lowest BCUT2D eigenvalue weighted by atomic mass is 9.90. The van der Waals surface area contributed by atoms with E-state index in [4.69, 9.17) is 21.4 Å². The van der Waals surface area contributed by atoms with Crippen molar-refractivity contribution in [1.82, 2.24) is 14.9 Å². The highest BCUT2D eigenvalue weighted by atomic mass is 35.5. The van der Waals surface area contributed by atoms with Crippen LogP contribution in [0, 0.1) is 0 Å². The number of carboxylic acid groups (broad SMARTS) is 1. The van der Waals surface area contributed by atoms with Gasteiger partial charge in [-0.3, -0.25) is 15.4 Å². The minimum atomic E-state index is -1.17. The number of rotatable bonds is 5. The number of anilines is 2. The minimum absolute atomic E-state index is 0.156. The van der Waals surface area contributed by atoms with Crippen LogP contribution in [0.15, 0.2) is 66.7 Å². The van der Waals surface area contributed by atoms with Gasteiger partial charge >= 0.3 is 12.2 Å². The van der Waals surface area contributed by atoms with Gasteiger partial charge in [-0.2, -0.15) is 0 Å². The van der Waals surface area contributed by atoms with Crippen LogP contribution in [0.3, 0.4) is 0 Å². The Morgan fingerprint density at radius 2 is 1.97 bits per heavy atom. The molecule has 0 radical (unpaired) electrons. The maximum absolute atomic E-state index is 14.1. The molecule has 198 valence electrons. The zero-order valence-corrected chi connectivity index (χ0v) is 21.4. The topological polar surface area (TPSA) is 137 Å². The van der Waals surface area contributed by atoms with E-state index in [2.05, 4.69) is 20.6 Å². The van der Waals surface area contributed by atoms with Gasteiger partial charge in [0.2, 0.25) is 5.91 Å². The van der Waals surface area contributed by atoms with Gasteiger partial charge in [-0.25, -0.2) is 14.6 Å². The number of hydrogen-bond donors (Lipinski definition) is 4. The Balaban J connectivity index is 1.34. The number of nitrogens with one attached hydrogen (secondary N) is 3. The highest BCUT2D eigenvalue weighted by molar-refractivity contribution is 6.30. The van der Waals surface area contributed by atoms with Crippen LogP contribution in [0.1, 0.15) is 29.3 Å².